The van der Waals surface area contributed by atoms with Crippen LogP contribution in [0.15, 0.2) is 34.9 Å². The van der Waals surface area contributed by atoms with E-state index in [1.165, 1.54) is 0 Å². The van der Waals surface area contributed by atoms with Gasteiger partial charge in [0.2, 0.25) is 5.88 Å². The van der Waals surface area contributed by atoms with E-state index < -0.39 is 0 Å². The molecule has 0 saturated carbocycles. The molecule has 0 spiro atoms. The molecule has 5 heteroatoms. The first kappa shape index (κ1) is 11.9. The highest BCUT2D eigenvalue weighted by atomic mass is 79.9. The van der Waals surface area contributed by atoms with Gasteiger partial charge in [0.1, 0.15) is 21.9 Å². The molecule has 2 rings (SSSR count). The van der Waals surface area contributed by atoms with Crippen LogP contribution in [0.5, 0.6) is 17.4 Å². The quantitative estimate of drug-likeness (QED) is 0.815. The molecule has 0 aliphatic heterocycles. The van der Waals surface area contributed by atoms with Crippen LogP contribution < -0.4 is 9.47 Å². The summed E-state index contributed by atoms with van der Waals surface area (Å²) in [4.78, 5) is 8.29. The second kappa shape index (κ2) is 5.14. The highest BCUT2D eigenvalue weighted by molar-refractivity contribution is 9.10. The van der Waals surface area contributed by atoms with Gasteiger partial charge in [-0.15, -0.1) is 0 Å². The molecule has 0 fully saturated rings. The summed E-state index contributed by atoms with van der Waals surface area (Å²) in [5.41, 5.74) is 0. The van der Waals surface area contributed by atoms with E-state index in [9.17, 15) is 0 Å². The van der Waals surface area contributed by atoms with Crippen molar-refractivity contribution in [1.29, 1.82) is 0 Å². The molecule has 1 heterocycles. The Bertz CT molecular complexity index is 511. The number of aromatic nitrogens is 2. The van der Waals surface area contributed by atoms with E-state index in [0.717, 1.165) is 5.75 Å². The largest absolute Gasteiger partial charge is 0.497 e. The summed E-state index contributed by atoms with van der Waals surface area (Å²) < 4.78 is 11.4. The van der Waals surface area contributed by atoms with Crippen LogP contribution in [0.4, 0.5) is 0 Å². The molecule has 4 nitrogen and oxygen atoms in total. The normalized spacial score (nSPS) is 10.1. The molecule has 0 radical (unpaired) electrons. The van der Waals surface area contributed by atoms with Crippen molar-refractivity contribution in [2.24, 2.45) is 0 Å². The number of methoxy groups -OCH3 is 1. The zero-order chi connectivity index (χ0) is 12.3. The maximum absolute atomic E-state index is 5.62. The van der Waals surface area contributed by atoms with E-state index in [2.05, 4.69) is 25.9 Å². The Balaban J connectivity index is 2.24. The van der Waals surface area contributed by atoms with Gasteiger partial charge >= 0.3 is 0 Å². The van der Waals surface area contributed by atoms with Gasteiger partial charge in [-0.05, 0) is 35.0 Å². The molecule has 88 valence electrons. The molecule has 0 N–H and O–H groups in total. The van der Waals surface area contributed by atoms with Crippen molar-refractivity contribution in [1.82, 2.24) is 9.97 Å². The van der Waals surface area contributed by atoms with Gasteiger partial charge in [0, 0.05) is 12.1 Å². The first-order valence-electron chi connectivity index (χ1n) is 5.00. The lowest BCUT2D eigenvalue weighted by molar-refractivity contribution is 0.407. The molecule has 0 atom stereocenters. The van der Waals surface area contributed by atoms with Gasteiger partial charge < -0.3 is 9.47 Å². The Labute approximate surface area is 108 Å². The lowest BCUT2D eigenvalue weighted by Gasteiger charge is -2.07. The lowest BCUT2D eigenvalue weighted by atomic mass is 10.3. The minimum atomic E-state index is 0.498. The van der Waals surface area contributed by atoms with Gasteiger partial charge in [0.05, 0.1) is 7.11 Å². The predicted molar refractivity (Wildman–Crippen MR) is 67.5 cm³/mol. The second-order valence-electron chi connectivity index (χ2n) is 3.36. The summed E-state index contributed by atoms with van der Waals surface area (Å²) in [5.74, 6) is 2.57. The summed E-state index contributed by atoms with van der Waals surface area (Å²) in [6.07, 6.45) is 0. The Kier molecular flexibility index (Phi) is 3.58. The van der Waals surface area contributed by atoms with Crippen LogP contribution in [0.25, 0.3) is 0 Å². The van der Waals surface area contributed by atoms with Crippen molar-refractivity contribution < 1.29 is 9.47 Å². The highest BCUT2D eigenvalue weighted by Crippen LogP contribution is 2.25. The molecule has 0 unspecified atom stereocenters. The fourth-order valence-corrected chi connectivity index (χ4v) is 1.80. The number of benzene rings is 1. The van der Waals surface area contributed by atoms with Crippen LogP contribution in [-0.2, 0) is 0 Å². The number of halogens is 1. The highest BCUT2D eigenvalue weighted by Gasteiger charge is 2.03. The molecule has 1 aromatic carbocycles. The number of ether oxygens (including phenoxy) is 2. The number of aryl methyl sites for hydroxylation is 1. The fourth-order valence-electron chi connectivity index (χ4n) is 1.34. The Morgan fingerprint density at radius 2 is 1.88 bits per heavy atom. The summed E-state index contributed by atoms with van der Waals surface area (Å²) in [6, 6.07) is 9.07. The van der Waals surface area contributed by atoms with E-state index in [-0.39, 0.29) is 0 Å². The van der Waals surface area contributed by atoms with Crippen molar-refractivity contribution >= 4 is 15.9 Å². The third-order valence-corrected chi connectivity index (χ3v) is 2.45. The number of hydrogen-bond donors (Lipinski definition) is 0. The average Bonchev–Trinajstić information content (AvgIpc) is 2.28. The molecule has 17 heavy (non-hydrogen) atoms. The fraction of sp³-hybridized carbons (Fsp3) is 0.167. The van der Waals surface area contributed by atoms with Crippen LogP contribution in [0.2, 0.25) is 0 Å². The molecular formula is C12H11BrN2O2. The van der Waals surface area contributed by atoms with E-state index in [4.69, 9.17) is 9.47 Å². The monoisotopic (exact) mass is 294 g/mol. The topological polar surface area (TPSA) is 44.2 Å². The smallest absolute Gasteiger partial charge is 0.223 e. The summed E-state index contributed by atoms with van der Waals surface area (Å²) >= 11 is 3.30. The van der Waals surface area contributed by atoms with Crippen molar-refractivity contribution in [2.45, 2.75) is 6.92 Å². The van der Waals surface area contributed by atoms with Crippen LogP contribution in [0.1, 0.15) is 5.82 Å². The SMILES string of the molecule is COc1cccc(Oc2cc(Br)nc(C)n2)c1. The number of hydrogen-bond acceptors (Lipinski definition) is 4. The zero-order valence-electron chi connectivity index (χ0n) is 9.48. The Morgan fingerprint density at radius 3 is 2.59 bits per heavy atom. The Morgan fingerprint density at radius 1 is 1.12 bits per heavy atom. The van der Waals surface area contributed by atoms with Crippen LogP contribution in [0, 0.1) is 6.92 Å². The van der Waals surface area contributed by atoms with Crippen molar-refractivity contribution in [3.05, 3.63) is 40.8 Å². The second-order valence-corrected chi connectivity index (χ2v) is 4.17. The van der Waals surface area contributed by atoms with E-state index in [1.54, 1.807) is 19.2 Å². The lowest BCUT2D eigenvalue weighted by Crippen LogP contribution is -1.93. The molecule has 0 aliphatic carbocycles. The summed E-state index contributed by atoms with van der Waals surface area (Å²) in [7, 11) is 1.62. The summed E-state index contributed by atoms with van der Waals surface area (Å²) in [5, 5.41) is 0. The maximum Gasteiger partial charge on any atom is 0.223 e. The zero-order valence-corrected chi connectivity index (χ0v) is 11.1. The van der Waals surface area contributed by atoms with E-state index >= 15 is 0 Å². The molecule has 0 bridgehead atoms. The number of nitrogens with zero attached hydrogens (tertiary/aromatic N) is 2. The van der Waals surface area contributed by atoms with E-state index in [1.807, 2.05) is 25.1 Å². The van der Waals surface area contributed by atoms with Gasteiger partial charge in [0.15, 0.2) is 0 Å². The van der Waals surface area contributed by atoms with Crippen LogP contribution >= 0.6 is 15.9 Å². The number of rotatable bonds is 3. The molecule has 0 amide bonds. The minimum Gasteiger partial charge on any atom is -0.497 e. The molecule has 0 aliphatic rings. The van der Waals surface area contributed by atoms with Gasteiger partial charge in [0.25, 0.3) is 0 Å². The van der Waals surface area contributed by atoms with Crippen molar-refractivity contribution in [3.8, 4) is 17.4 Å². The maximum atomic E-state index is 5.62. The molecule has 1 aromatic heterocycles. The molecule has 2 aromatic rings. The first-order chi connectivity index (χ1) is 8.17. The average molecular weight is 295 g/mol. The van der Waals surface area contributed by atoms with Crippen LogP contribution in [0.3, 0.4) is 0 Å². The van der Waals surface area contributed by atoms with Gasteiger partial charge in [-0.1, -0.05) is 6.07 Å². The van der Waals surface area contributed by atoms with Gasteiger partial charge in [-0.3, -0.25) is 0 Å². The molecule has 0 saturated heterocycles. The Hall–Kier alpha value is -1.62. The third-order valence-electron chi connectivity index (χ3n) is 2.05. The van der Waals surface area contributed by atoms with Crippen molar-refractivity contribution in [2.75, 3.05) is 7.11 Å². The first-order valence-corrected chi connectivity index (χ1v) is 5.80. The molecular weight excluding hydrogens is 284 g/mol. The predicted octanol–water partition coefficient (Wildman–Crippen LogP) is 3.35. The minimum absolute atomic E-state index is 0.498. The van der Waals surface area contributed by atoms with Crippen molar-refractivity contribution in [3.63, 3.8) is 0 Å². The van der Waals surface area contributed by atoms with Crippen LogP contribution in [-0.4, -0.2) is 17.1 Å². The van der Waals surface area contributed by atoms with Gasteiger partial charge in [-0.25, -0.2) is 4.98 Å². The summed E-state index contributed by atoms with van der Waals surface area (Å²) in [6.45, 7) is 1.81. The van der Waals surface area contributed by atoms with E-state index in [0.29, 0.717) is 22.1 Å². The third kappa shape index (κ3) is 3.17. The van der Waals surface area contributed by atoms with Gasteiger partial charge in [-0.2, -0.15) is 4.98 Å². The standard InChI is InChI=1S/C12H11BrN2O2/c1-8-14-11(13)7-12(15-8)17-10-5-3-4-9(6-10)16-2/h3-7H,1-2H3.